The highest BCUT2D eigenvalue weighted by Crippen LogP contribution is 2.31. The molecule has 0 aliphatic rings. The topological polar surface area (TPSA) is 21.3 Å². The van der Waals surface area contributed by atoms with Gasteiger partial charge in [0.2, 0.25) is 0 Å². The highest BCUT2D eigenvalue weighted by molar-refractivity contribution is 9.10. The fourth-order valence-corrected chi connectivity index (χ4v) is 2.41. The second-order valence-corrected chi connectivity index (χ2v) is 5.16. The number of halogens is 1. The molecule has 1 atom stereocenters. The van der Waals surface area contributed by atoms with E-state index in [-0.39, 0.29) is 6.04 Å². The second-order valence-electron chi connectivity index (χ2n) is 4.31. The van der Waals surface area contributed by atoms with E-state index >= 15 is 0 Å². The SMILES string of the molecule is C=C(CC)CC(NCC)c1cc(OC)ccc1Br. The molecule has 2 nitrogen and oxygen atoms in total. The molecular weight excluding hydrogens is 290 g/mol. The van der Waals surface area contributed by atoms with E-state index in [0.717, 1.165) is 29.6 Å². The van der Waals surface area contributed by atoms with Crippen LogP contribution in [0.4, 0.5) is 0 Å². The summed E-state index contributed by atoms with van der Waals surface area (Å²) in [6, 6.07) is 6.37. The van der Waals surface area contributed by atoms with Crippen molar-refractivity contribution in [2.75, 3.05) is 13.7 Å². The first-order valence-electron chi connectivity index (χ1n) is 6.35. The summed E-state index contributed by atoms with van der Waals surface area (Å²) >= 11 is 3.62. The minimum absolute atomic E-state index is 0.284. The Kier molecular flexibility index (Phi) is 6.44. The quantitative estimate of drug-likeness (QED) is 0.750. The first-order valence-corrected chi connectivity index (χ1v) is 7.15. The van der Waals surface area contributed by atoms with Crippen molar-refractivity contribution in [1.82, 2.24) is 5.32 Å². The predicted octanol–water partition coefficient (Wildman–Crippen LogP) is 4.46. The molecule has 1 rings (SSSR count). The van der Waals surface area contributed by atoms with Crippen molar-refractivity contribution in [2.45, 2.75) is 32.7 Å². The third kappa shape index (κ3) is 4.14. The molecule has 0 aliphatic carbocycles. The monoisotopic (exact) mass is 311 g/mol. The van der Waals surface area contributed by atoms with Gasteiger partial charge in [-0.15, -0.1) is 0 Å². The van der Waals surface area contributed by atoms with E-state index in [1.54, 1.807) is 7.11 Å². The number of ether oxygens (including phenoxy) is 1. The van der Waals surface area contributed by atoms with Crippen LogP contribution in [0.1, 0.15) is 38.3 Å². The molecule has 0 aliphatic heterocycles. The van der Waals surface area contributed by atoms with Crippen molar-refractivity contribution < 1.29 is 4.74 Å². The molecule has 3 heteroatoms. The fraction of sp³-hybridized carbons (Fsp3) is 0.467. The number of benzene rings is 1. The average Bonchev–Trinajstić information content (AvgIpc) is 2.38. The summed E-state index contributed by atoms with van der Waals surface area (Å²) in [7, 11) is 1.69. The van der Waals surface area contributed by atoms with Crippen molar-refractivity contribution in [3.05, 3.63) is 40.4 Å². The Labute approximate surface area is 119 Å². The van der Waals surface area contributed by atoms with Gasteiger partial charge in [0.05, 0.1) is 7.11 Å². The summed E-state index contributed by atoms with van der Waals surface area (Å²) in [5.74, 6) is 0.887. The lowest BCUT2D eigenvalue weighted by Gasteiger charge is -2.21. The van der Waals surface area contributed by atoms with Crippen LogP contribution in [0.3, 0.4) is 0 Å². The lowest BCUT2D eigenvalue weighted by Crippen LogP contribution is -2.21. The van der Waals surface area contributed by atoms with Crippen LogP contribution >= 0.6 is 15.9 Å². The van der Waals surface area contributed by atoms with Crippen molar-refractivity contribution in [1.29, 1.82) is 0 Å². The minimum atomic E-state index is 0.284. The van der Waals surface area contributed by atoms with Gasteiger partial charge in [-0.2, -0.15) is 0 Å². The van der Waals surface area contributed by atoms with Gasteiger partial charge in [-0.3, -0.25) is 0 Å². The van der Waals surface area contributed by atoms with Crippen LogP contribution in [0.25, 0.3) is 0 Å². The van der Waals surface area contributed by atoms with E-state index in [0.29, 0.717) is 0 Å². The maximum atomic E-state index is 5.30. The number of rotatable bonds is 7. The molecule has 100 valence electrons. The lowest BCUT2D eigenvalue weighted by atomic mass is 9.98. The van der Waals surface area contributed by atoms with Crippen LogP contribution in [-0.2, 0) is 0 Å². The van der Waals surface area contributed by atoms with Crippen LogP contribution in [0, 0.1) is 0 Å². The van der Waals surface area contributed by atoms with E-state index in [1.165, 1.54) is 11.1 Å². The molecule has 0 spiro atoms. The summed E-state index contributed by atoms with van der Waals surface area (Å²) in [5, 5.41) is 3.51. The second kappa shape index (κ2) is 7.59. The standard InChI is InChI=1S/C15H22BrNO/c1-5-11(3)9-15(17-6-2)13-10-12(18-4)7-8-14(13)16/h7-8,10,15,17H,3,5-6,9H2,1-2,4H3. The maximum Gasteiger partial charge on any atom is 0.119 e. The number of hydrogen-bond donors (Lipinski definition) is 1. The molecule has 0 fully saturated rings. The Balaban J connectivity index is 2.99. The first-order chi connectivity index (χ1) is 8.62. The minimum Gasteiger partial charge on any atom is -0.497 e. The van der Waals surface area contributed by atoms with Gasteiger partial charge in [-0.1, -0.05) is 41.9 Å². The normalized spacial score (nSPS) is 12.2. The molecule has 0 saturated heterocycles. The number of methoxy groups -OCH3 is 1. The first kappa shape index (κ1) is 15.3. The molecule has 1 N–H and O–H groups in total. The molecule has 0 amide bonds. The van der Waals surface area contributed by atoms with Crippen LogP contribution in [-0.4, -0.2) is 13.7 Å². The Morgan fingerprint density at radius 2 is 2.17 bits per heavy atom. The van der Waals surface area contributed by atoms with Gasteiger partial charge in [0, 0.05) is 10.5 Å². The van der Waals surface area contributed by atoms with Crippen molar-refractivity contribution in [2.24, 2.45) is 0 Å². The van der Waals surface area contributed by atoms with Crippen molar-refractivity contribution in [3.63, 3.8) is 0 Å². The van der Waals surface area contributed by atoms with Crippen molar-refractivity contribution in [3.8, 4) is 5.75 Å². The van der Waals surface area contributed by atoms with E-state index in [4.69, 9.17) is 4.74 Å². The van der Waals surface area contributed by atoms with Gasteiger partial charge in [0.15, 0.2) is 0 Å². The van der Waals surface area contributed by atoms with Crippen LogP contribution in [0.15, 0.2) is 34.8 Å². The third-order valence-corrected chi connectivity index (χ3v) is 3.74. The fourth-order valence-electron chi connectivity index (χ4n) is 1.89. The smallest absolute Gasteiger partial charge is 0.119 e. The zero-order valence-electron chi connectivity index (χ0n) is 11.4. The Morgan fingerprint density at radius 1 is 1.44 bits per heavy atom. The Hall–Kier alpha value is -0.800. The molecule has 18 heavy (non-hydrogen) atoms. The highest BCUT2D eigenvalue weighted by atomic mass is 79.9. The maximum absolute atomic E-state index is 5.30. The van der Waals surface area contributed by atoms with E-state index in [2.05, 4.69) is 47.7 Å². The lowest BCUT2D eigenvalue weighted by molar-refractivity contribution is 0.412. The molecule has 0 heterocycles. The zero-order valence-corrected chi connectivity index (χ0v) is 13.0. The van der Waals surface area contributed by atoms with Gasteiger partial charge in [0.1, 0.15) is 5.75 Å². The van der Waals surface area contributed by atoms with E-state index < -0.39 is 0 Å². The van der Waals surface area contributed by atoms with E-state index in [9.17, 15) is 0 Å². The van der Waals surface area contributed by atoms with Crippen LogP contribution in [0.2, 0.25) is 0 Å². The highest BCUT2D eigenvalue weighted by Gasteiger charge is 2.15. The molecule has 0 radical (unpaired) electrons. The predicted molar refractivity (Wildman–Crippen MR) is 81.2 cm³/mol. The van der Waals surface area contributed by atoms with Gasteiger partial charge < -0.3 is 10.1 Å². The average molecular weight is 312 g/mol. The van der Waals surface area contributed by atoms with Crippen LogP contribution in [0.5, 0.6) is 5.75 Å². The van der Waals surface area contributed by atoms with Gasteiger partial charge in [-0.05, 0) is 43.1 Å². The Bertz CT molecular complexity index is 403. The third-order valence-electron chi connectivity index (χ3n) is 3.02. The largest absolute Gasteiger partial charge is 0.497 e. The number of nitrogens with one attached hydrogen (secondary N) is 1. The van der Waals surface area contributed by atoms with Crippen LogP contribution < -0.4 is 10.1 Å². The summed E-state index contributed by atoms with van der Waals surface area (Å²) in [6.07, 6.45) is 1.97. The summed E-state index contributed by atoms with van der Waals surface area (Å²) in [4.78, 5) is 0. The van der Waals surface area contributed by atoms with Gasteiger partial charge in [-0.25, -0.2) is 0 Å². The summed E-state index contributed by atoms with van der Waals surface area (Å²) < 4.78 is 6.41. The molecule has 1 unspecified atom stereocenters. The molecule has 1 aromatic rings. The van der Waals surface area contributed by atoms with Crippen molar-refractivity contribution >= 4 is 15.9 Å². The molecular formula is C15H22BrNO. The molecule has 0 bridgehead atoms. The Morgan fingerprint density at radius 3 is 2.72 bits per heavy atom. The van der Waals surface area contributed by atoms with E-state index in [1.807, 2.05) is 12.1 Å². The summed E-state index contributed by atoms with van der Waals surface area (Å²) in [6.45, 7) is 9.31. The van der Waals surface area contributed by atoms with Gasteiger partial charge >= 0.3 is 0 Å². The molecule has 0 saturated carbocycles. The summed E-state index contributed by atoms with van der Waals surface area (Å²) in [5.41, 5.74) is 2.49. The zero-order chi connectivity index (χ0) is 13.5. The molecule has 1 aromatic carbocycles. The number of hydrogen-bond acceptors (Lipinski definition) is 2. The van der Waals surface area contributed by atoms with Gasteiger partial charge in [0.25, 0.3) is 0 Å². The molecule has 0 aromatic heterocycles.